The fraction of sp³-hybridized carbons (Fsp3) is 0.538. The second-order valence-corrected chi connectivity index (χ2v) is 5.88. The zero-order valence-corrected chi connectivity index (χ0v) is 13.3. The van der Waals surface area contributed by atoms with Crippen LogP contribution >= 0.6 is 23.2 Å². The van der Waals surface area contributed by atoms with E-state index in [1.807, 2.05) is 4.90 Å². The molecule has 6 nitrogen and oxygen atoms in total. The van der Waals surface area contributed by atoms with Crippen molar-refractivity contribution in [3.8, 4) is 0 Å². The summed E-state index contributed by atoms with van der Waals surface area (Å²) >= 11 is 11.9. The zero-order chi connectivity index (χ0) is 15.6. The average molecular weight is 333 g/mol. The highest BCUT2D eigenvalue weighted by atomic mass is 35.5. The molecule has 1 aliphatic heterocycles. The fourth-order valence-electron chi connectivity index (χ4n) is 2.46. The number of hydrogen-bond donors (Lipinski definition) is 1. The van der Waals surface area contributed by atoms with Gasteiger partial charge in [-0.1, -0.05) is 23.2 Å². The number of halogens is 2. The van der Waals surface area contributed by atoms with Crippen molar-refractivity contribution in [2.45, 2.75) is 6.42 Å². The molecule has 1 aromatic heterocycles. The van der Waals surface area contributed by atoms with Gasteiger partial charge in [-0.25, -0.2) is 0 Å². The molecule has 2 N–H and O–H groups in total. The van der Waals surface area contributed by atoms with Crippen molar-refractivity contribution in [2.75, 3.05) is 32.7 Å². The second kappa shape index (κ2) is 6.68. The summed E-state index contributed by atoms with van der Waals surface area (Å²) in [5.41, 5.74) is 5.67. The van der Waals surface area contributed by atoms with Gasteiger partial charge >= 0.3 is 0 Å². The monoisotopic (exact) mass is 332 g/mol. The van der Waals surface area contributed by atoms with Crippen molar-refractivity contribution in [3.63, 3.8) is 0 Å². The van der Waals surface area contributed by atoms with E-state index in [4.69, 9.17) is 28.9 Å². The summed E-state index contributed by atoms with van der Waals surface area (Å²) < 4.78 is 1.58. The highest BCUT2D eigenvalue weighted by molar-refractivity contribution is 6.41. The molecule has 0 aliphatic carbocycles. The Bertz CT molecular complexity index is 559. The average Bonchev–Trinajstić information content (AvgIpc) is 2.61. The van der Waals surface area contributed by atoms with Crippen molar-refractivity contribution >= 4 is 35.0 Å². The van der Waals surface area contributed by atoms with Gasteiger partial charge in [0, 0.05) is 33.2 Å². The van der Waals surface area contributed by atoms with E-state index in [0.717, 1.165) is 13.0 Å². The second-order valence-electron chi connectivity index (χ2n) is 5.12. The third-order valence-corrected chi connectivity index (χ3v) is 4.43. The van der Waals surface area contributed by atoms with Crippen LogP contribution in [0.2, 0.25) is 10.2 Å². The molecule has 8 heteroatoms. The lowest BCUT2D eigenvalue weighted by molar-refractivity contribution is -0.119. The van der Waals surface area contributed by atoms with Crippen LogP contribution in [0.4, 0.5) is 0 Å². The van der Waals surface area contributed by atoms with E-state index in [1.165, 1.54) is 0 Å². The third-order valence-electron chi connectivity index (χ3n) is 3.59. The van der Waals surface area contributed by atoms with Crippen molar-refractivity contribution < 1.29 is 9.59 Å². The minimum atomic E-state index is -0.351. The van der Waals surface area contributed by atoms with Gasteiger partial charge in [0.25, 0.3) is 5.91 Å². The Hall–Kier alpha value is -1.24. The number of nitrogens with zero attached hydrogens (tertiary/aromatic N) is 3. The van der Waals surface area contributed by atoms with E-state index in [0.29, 0.717) is 35.5 Å². The minimum Gasteiger partial charge on any atom is -0.369 e. The summed E-state index contributed by atoms with van der Waals surface area (Å²) in [6.07, 6.45) is 0.797. The molecule has 0 atom stereocenters. The van der Waals surface area contributed by atoms with Crippen molar-refractivity contribution in [1.82, 2.24) is 14.4 Å². The predicted octanol–water partition coefficient (Wildman–Crippen LogP) is 0.965. The molecule has 2 rings (SSSR count). The Morgan fingerprint density at radius 1 is 1.24 bits per heavy atom. The SMILES string of the molecule is Cn1c(C(=O)N2CCCN(CC(N)=O)CC2)cc(Cl)c1Cl. The molecule has 1 aromatic rings. The molecule has 1 aliphatic rings. The Labute approximate surface area is 133 Å². The number of rotatable bonds is 3. The summed E-state index contributed by atoms with van der Waals surface area (Å²) in [5, 5.41) is 0.720. The number of aromatic nitrogens is 1. The first-order valence-corrected chi connectivity index (χ1v) is 7.46. The van der Waals surface area contributed by atoms with E-state index in [1.54, 1.807) is 22.6 Å². The van der Waals surface area contributed by atoms with E-state index < -0.39 is 0 Å². The number of amides is 2. The lowest BCUT2D eigenvalue weighted by Crippen LogP contribution is -2.38. The molecule has 2 amide bonds. The maximum atomic E-state index is 12.5. The Kier molecular flexibility index (Phi) is 5.13. The first-order chi connectivity index (χ1) is 9.90. The van der Waals surface area contributed by atoms with E-state index >= 15 is 0 Å². The van der Waals surface area contributed by atoms with Gasteiger partial charge in [-0.15, -0.1) is 0 Å². The largest absolute Gasteiger partial charge is 0.369 e. The van der Waals surface area contributed by atoms with Crippen LogP contribution in [0.15, 0.2) is 6.07 Å². The minimum absolute atomic E-state index is 0.104. The molecule has 21 heavy (non-hydrogen) atoms. The molecule has 0 bridgehead atoms. The quantitative estimate of drug-likeness (QED) is 0.896. The van der Waals surface area contributed by atoms with Gasteiger partial charge in [-0.05, 0) is 12.5 Å². The summed E-state index contributed by atoms with van der Waals surface area (Å²) in [5.74, 6) is -0.456. The molecule has 0 radical (unpaired) electrons. The van der Waals surface area contributed by atoms with Gasteiger partial charge in [-0.3, -0.25) is 14.5 Å². The molecule has 2 heterocycles. The van der Waals surface area contributed by atoms with Crippen LogP contribution in [0, 0.1) is 0 Å². The normalized spacial score (nSPS) is 16.8. The van der Waals surface area contributed by atoms with Crippen LogP contribution < -0.4 is 5.73 Å². The van der Waals surface area contributed by atoms with Gasteiger partial charge in [0.15, 0.2) is 0 Å². The molecule has 1 fully saturated rings. The van der Waals surface area contributed by atoms with E-state index in [9.17, 15) is 9.59 Å². The van der Waals surface area contributed by atoms with Crippen LogP contribution in [0.3, 0.4) is 0 Å². The molecule has 0 unspecified atom stereocenters. The van der Waals surface area contributed by atoms with E-state index in [2.05, 4.69) is 0 Å². The number of carbonyl (C=O) groups excluding carboxylic acids is 2. The number of hydrogen-bond acceptors (Lipinski definition) is 3. The summed E-state index contributed by atoms with van der Waals surface area (Å²) in [7, 11) is 1.71. The first kappa shape index (κ1) is 16.1. The Morgan fingerprint density at radius 2 is 1.95 bits per heavy atom. The predicted molar refractivity (Wildman–Crippen MR) is 81.6 cm³/mol. The topological polar surface area (TPSA) is 71.6 Å². The van der Waals surface area contributed by atoms with Crippen molar-refractivity contribution in [1.29, 1.82) is 0 Å². The standard InChI is InChI=1S/C13H18Cl2N4O2/c1-17-10(7-9(14)12(17)15)13(21)19-4-2-3-18(5-6-19)8-11(16)20/h7H,2-6,8H2,1H3,(H2,16,20). The smallest absolute Gasteiger partial charge is 0.270 e. The Morgan fingerprint density at radius 3 is 2.52 bits per heavy atom. The fourth-order valence-corrected chi connectivity index (χ4v) is 2.84. The van der Waals surface area contributed by atoms with Crippen LogP contribution in [0.25, 0.3) is 0 Å². The Balaban J connectivity index is 2.06. The van der Waals surface area contributed by atoms with Gasteiger partial charge < -0.3 is 15.2 Å². The molecule has 0 aromatic carbocycles. The highest BCUT2D eigenvalue weighted by Gasteiger charge is 2.24. The van der Waals surface area contributed by atoms with Crippen LogP contribution in [-0.4, -0.2) is 58.9 Å². The maximum Gasteiger partial charge on any atom is 0.270 e. The number of primary amides is 1. The summed E-state index contributed by atoms with van der Waals surface area (Å²) in [4.78, 5) is 27.2. The molecule has 1 saturated heterocycles. The number of carbonyl (C=O) groups is 2. The van der Waals surface area contributed by atoms with Crippen LogP contribution in [-0.2, 0) is 11.8 Å². The lowest BCUT2D eigenvalue weighted by atomic mass is 10.3. The van der Waals surface area contributed by atoms with Gasteiger partial charge in [-0.2, -0.15) is 0 Å². The summed E-state index contributed by atoms with van der Waals surface area (Å²) in [6, 6.07) is 1.58. The van der Waals surface area contributed by atoms with Gasteiger partial charge in [0.05, 0.1) is 11.6 Å². The molecule has 116 valence electrons. The molecular formula is C13H18Cl2N4O2. The molecule has 0 spiro atoms. The molecular weight excluding hydrogens is 315 g/mol. The van der Waals surface area contributed by atoms with E-state index in [-0.39, 0.29) is 18.4 Å². The van der Waals surface area contributed by atoms with Gasteiger partial charge in [0.2, 0.25) is 5.91 Å². The zero-order valence-electron chi connectivity index (χ0n) is 11.8. The lowest BCUT2D eigenvalue weighted by Gasteiger charge is -2.21. The van der Waals surface area contributed by atoms with Crippen LogP contribution in [0.5, 0.6) is 0 Å². The van der Waals surface area contributed by atoms with Crippen molar-refractivity contribution in [2.24, 2.45) is 12.8 Å². The third kappa shape index (κ3) is 3.70. The van der Waals surface area contributed by atoms with Gasteiger partial charge in [0.1, 0.15) is 10.8 Å². The molecule has 0 saturated carbocycles. The van der Waals surface area contributed by atoms with Crippen molar-refractivity contribution in [3.05, 3.63) is 21.9 Å². The first-order valence-electron chi connectivity index (χ1n) is 6.70. The highest BCUT2D eigenvalue weighted by Crippen LogP contribution is 2.26. The maximum absolute atomic E-state index is 12.5. The van der Waals surface area contributed by atoms with Crippen LogP contribution in [0.1, 0.15) is 16.9 Å². The number of nitrogens with two attached hydrogens (primary N) is 1. The summed E-state index contributed by atoms with van der Waals surface area (Å²) in [6.45, 7) is 2.78.